The van der Waals surface area contributed by atoms with Crippen molar-refractivity contribution in [2.24, 2.45) is 0 Å². The molecule has 156 valence electrons. The molecule has 0 unspecified atom stereocenters. The standard InChI is InChI=1S/C22H19N5O2S2/c1-2-6-16(7-3-1)10-11-27-19(14-17-8-5-13-30-17)23-26-22(27)31-15-20-24-25-21(29-20)18-9-4-12-28-18/h1-9,12-13H,10-11,14-15H2. The zero-order valence-electron chi connectivity index (χ0n) is 16.5. The highest BCUT2D eigenvalue weighted by Crippen LogP contribution is 2.25. The molecule has 0 bridgehead atoms. The Morgan fingerprint density at radius 1 is 0.935 bits per heavy atom. The summed E-state index contributed by atoms with van der Waals surface area (Å²) >= 11 is 3.28. The molecule has 5 aromatic rings. The molecule has 0 N–H and O–H groups in total. The van der Waals surface area contributed by atoms with Crippen LogP contribution in [0.15, 0.2) is 80.2 Å². The third-order valence-corrected chi connectivity index (χ3v) is 6.52. The van der Waals surface area contributed by atoms with Gasteiger partial charge in [-0.05, 0) is 35.6 Å². The van der Waals surface area contributed by atoms with E-state index in [2.05, 4.69) is 66.7 Å². The zero-order valence-corrected chi connectivity index (χ0v) is 18.2. The molecule has 0 aliphatic heterocycles. The summed E-state index contributed by atoms with van der Waals surface area (Å²) in [7, 11) is 0. The van der Waals surface area contributed by atoms with Crippen molar-refractivity contribution in [3.05, 3.63) is 88.4 Å². The molecule has 0 radical (unpaired) electrons. The van der Waals surface area contributed by atoms with Crippen LogP contribution < -0.4 is 0 Å². The maximum atomic E-state index is 5.72. The van der Waals surface area contributed by atoms with Gasteiger partial charge in [-0.1, -0.05) is 48.2 Å². The lowest BCUT2D eigenvalue weighted by molar-refractivity contribution is 0.494. The molecule has 31 heavy (non-hydrogen) atoms. The Hall–Kier alpha value is -3.17. The number of thiophene rings is 1. The van der Waals surface area contributed by atoms with Gasteiger partial charge in [0, 0.05) is 17.8 Å². The van der Waals surface area contributed by atoms with Crippen molar-refractivity contribution in [3.8, 4) is 11.7 Å². The second-order valence-electron chi connectivity index (χ2n) is 6.81. The Bertz CT molecular complexity index is 1210. The average Bonchev–Trinajstić information content (AvgIpc) is 3.60. The van der Waals surface area contributed by atoms with E-state index in [0.29, 0.717) is 23.3 Å². The lowest BCUT2D eigenvalue weighted by Gasteiger charge is -2.09. The van der Waals surface area contributed by atoms with Crippen molar-refractivity contribution in [3.63, 3.8) is 0 Å². The first-order chi connectivity index (χ1) is 15.3. The van der Waals surface area contributed by atoms with Crippen molar-refractivity contribution in [1.82, 2.24) is 25.0 Å². The number of rotatable bonds is 9. The first-order valence-corrected chi connectivity index (χ1v) is 11.7. The Morgan fingerprint density at radius 2 is 1.87 bits per heavy atom. The number of benzene rings is 1. The molecule has 5 rings (SSSR count). The number of hydrogen-bond donors (Lipinski definition) is 0. The van der Waals surface area contributed by atoms with Crippen molar-refractivity contribution >= 4 is 23.1 Å². The third kappa shape index (κ3) is 4.78. The molecule has 7 nitrogen and oxygen atoms in total. The van der Waals surface area contributed by atoms with Gasteiger partial charge >= 0.3 is 0 Å². The molecule has 1 aromatic carbocycles. The first kappa shape index (κ1) is 19.8. The largest absolute Gasteiger partial charge is 0.459 e. The normalized spacial score (nSPS) is 11.2. The van der Waals surface area contributed by atoms with Gasteiger partial charge in [0.2, 0.25) is 5.89 Å². The van der Waals surface area contributed by atoms with E-state index >= 15 is 0 Å². The molecule has 0 saturated carbocycles. The van der Waals surface area contributed by atoms with E-state index in [9.17, 15) is 0 Å². The van der Waals surface area contributed by atoms with E-state index in [1.165, 1.54) is 10.4 Å². The summed E-state index contributed by atoms with van der Waals surface area (Å²) < 4.78 is 13.2. The molecule has 0 saturated heterocycles. The fourth-order valence-corrected chi connectivity index (χ4v) is 4.70. The molecular weight excluding hydrogens is 430 g/mol. The Kier molecular flexibility index (Phi) is 5.94. The summed E-state index contributed by atoms with van der Waals surface area (Å²) in [5, 5.41) is 20.0. The van der Waals surface area contributed by atoms with Gasteiger partial charge in [-0.2, -0.15) is 0 Å². The van der Waals surface area contributed by atoms with Gasteiger partial charge in [-0.15, -0.1) is 31.7 Å². The lowest BCUT2D eigenvalue weighted by atomic mass is 10.1. The number of thioether (sulfide) groups is 1. The van der Waals surface area contributed by atoms with Gasteiger partial charge in [0.25, 0.3) is 5.89 Å². The van der Waals surface area contributed by atoms with Crippen LogP contribution in [-0.4, -0.2) is 25.0 Å². The van der Waals surface area contributed by atoms with Gasteiger partial charge in [-0.3, -0.25) is 0 Å². The summed E-state index contributed by atoms with van der Waals surface area (Å²) in [6.45, 7) is 0.807. The second-order valence-corrected chi connectivity index (χ2v) is 8.78. The molecule has 9 heteroatoms. The van der Waals surface area contributed by atoms with Crippen molar-refractivity contribution in [1.29, 1.82) is 0 Å². The van der Waals surface area contributed by atoms with Crippen LogP contribution in [0.5, 0.6) is 0 Å². The molecular formula is C22H19N5O2S2. The van der Waals surface area contributed by atoms with E-state index in [4.69, 9.17) is 8.83 Å². The van der Waals surface area contributed by atoms with Gasteiger partial charge in [-0.25, -0.2) is 0 Å². The summed E-state index contributed by atoms with van der Waals surface area (Å²) in [4.78, 5) is 1.27. The smallest absolute Gasteiger partial charge is 0.283 e. The van der Waals surface area contributed by atoms with Gasteiger partial charge in [0.05, 0.1) is 12.0 Å². The minimum absolute atomic E-state index is 0.379. The van der Waals surface area contributed by atoms with Crippen LogP contribution in [0.2, 0.25) is 0 Å². The maximum Gasteiger partial charge on any atom is 0.283 e. The highest BCUT2D eigenvalue weighted by atomic mass is 32.2. The monoisotopic (exact) mass is 449 g/mol. The highest BCUT2D eigenvalue weighted by Gasteiger charge is 2.16. The van der Waals surface area contributed by atoms with Crippen LogP contribution in [0.25, 0.3) is 11.7 Å². The van der Waals surface area contributed by atoms with E-state index in [1.54, 1.807) is 41.5 Å². The Labute approximate surface area is 187 Å². The van der Waals surface area contributed by atoms with Gasteiger partial charge < -0.3 is 13.4 Å². The van der Waals surface area contributed by atoms with Crippen LogP contribution in [0, 0.1) is 0 Å². The molecule has 0 spiro atoms. The predicted molar refractivity (Wildman–Crippen MR) is 119 cm³/mol. The van der Waals surface area contributed by atoms with E-state index in [-0.39, 0.29) is 0 Å². The lowest BCUT2D eigenvalue weighted by Crippen LogP contribution is -2.08. The highest BCUT2D eigenvalue weighted by molar-refractivity contribution is 7.98. The number of hydrogen-bond acceptors (Lipinski definition) is 8. The zero-order chi connectivity index (χ0) is 20.9. The van der Waals surface area contributed by atoms with E-state index in [0.717, 1.165) is 30.4 Å². The minimum atomic E-state index is 0.379. The summed E-state index contributed by atoms with van der Waals surface area (Å²) in [6.07, 6.45) is 3.26. The molecule has 4 heterocycles. The van der Waals surface area contributed by atoms with Gasteiger partial charge in [0.1, 0.15) is 5.82 Å². The maximum absolute atomic E-state index is 5.72. The molecule has 4 aromatic heterocycles. The molecule has 0 aliphatic carbocycles. The molecule has 0 aliphatic rings. The minimum Gasteiger partial charge on any atom is -0.459 e. The third-order valence-electron chi connectivity index (χ3n) is 4.70. The topological polar surface area (TPSA) is 82.8 Å². The quantitative estimate of drug-likeness (QED) is 0.289. The number of furan rings is 1. The molecule has 0 amide bonds. The number of aryl methyl sites for hydroxylation is 1. The van der Waals surface area contributed by atoms with Crippen molar-refractivity contribution in [2.45, 2.75) is 30.3 Å². The SMILES string of the molecule is c1ccc(CCn2c(Cc3cccs3)nnc2SCc2nnc(-c3ccco3)o2)cc1. The average molecular weight is 450 g/mol. The summed E-state index contributed by atoms with van der Waals surface area (Å²) in [5.41, 5.74) is 1.29. The summed E-state index contributed by atoms with van der Waals surface area (Å²) in [5.74, 6) is 2.94. The second kappa shape index (κ2) is 9.32. The van der Waals surface area contributed by atoms with Crippen molar-refractivity contribution in [2.75, 3.05) is 0 Å². The fourth-order valence-electron chi connectivity index (χ4n) is 3.17. The molecule has 0 fully saturated rings. The van der Waals surface area contributed by atoms with Gasteiger partial charge in [0.15, 0.2) is 10.9 Å². The van der Waals surface area contributed by atoms with Crippen LogP contribution in [-0.2, 0) is 25.1 Å². The fraction of sp³-hybridized carbons (Fsp3) is 0.182. The van der Waals surface area contributed by atoms with Crippen LogP contribution in [0.1, 0.15) is 22.2 Å². The number of nitrogens with zero attached hydrogens (tertiary/aromatic N) is 5. The van der Waals surface area contributed by atoms with Crippen LogP contribution in [0.3, 0.4) is 0 Å². The van der Waals surface area contributed by atoms with E-state index in [1.807, 2.05) is 6.07 Å². The number of aromatic nitrogens is 5. The summed E-state index contributed by atoms with van der Waals surface area (Å²) in [6, 6.07) is 18.2. The predicted octanol–water partition coefficient (Wildman–Crippen LogP) is 5.11. The van der Waals surface area contributed by atoms with Crippen LogP contribution >= 0.6 is 23.1 Å². The Balaban J connectivity index is 1.32. The first-order valence-electron chi connectivity index (χ1n) is 9.82. The Morgan fingerprint density at radius 3 is 2.68 bits per heavy atom. The van der Waals surface area contributed by atoms with Crippen molar-refractivity contribution < 1.29 is 8.83 Å². The molecule has 0 atom stereocenters. The van der Waals surface area contributed by atoms with E-state index < -0.39 is 0 Å². The van der Waals surface area contributed by atoms with Crippen LogP contribution in [0.4, 0.5) is 0 Å².